The Kier molecular flexibility index (Phi) is 1.84. The predicted octanol–water partition coefficient (Wildman–Crippen LogP) is 2.15. The van der Waals surface area contributed by atoms with E-state index < -0.39 is 0 Å². The molecule has 3 nitrogen and oxygen atoms in total. The van der Waals surface area contributed by atoms with Crippen molar-refractivity contribution in [3.05, 3.63) is 37.9 Å². The highest BCUT2D eigenvalue weighted by Gasteiger charge is 2.06. The number of fused-ring (bicyclic) bond motifs is 1. The molecule has 5 heteroatoms. The molecule has 0 saturated carbocycles. The largest absolute Gasteiger partial charge is 0.326 e. The van der Waals surface area contributed by atoms with Crippen LogP contribution in [0, 0.1) is 0 Å². The van der Waals surface area contributed by atoms with Crippen LogP contribution in [0.3, 0.4) is 0 Å². The highest BCUT2D eigenvalue weighted by molar-refractivity contribution is 9.13. The average Bonchev–Trinajstić information content (AvgIpc) is 2.32. The topological polar surface area (TPSA) is 37.3 Å². The molecule has 0 amide bonds. The van der Waals surface area contributed by atoms with Crippen molar-refractivity contribution in [1.82, 2.24) is 9.38 Å². The van der Waals surface area contributed by atoms with Gasteiger partial charge in [0.1, 0.15) is 10.1 Å². The van der Waals surface area contributed by atoms with E-state index >= 15 is 0 Å². The molecule has 0 aliphatic rings. The summed E-state index contributed by atoms with van der Waals surface area (Å²) < 4.78 is 3.49. The molecular formula is C7H4Br2N2O. The van der Waals surface area contributed by atoms with E-state index in [2.05, 4.69) is 36.8 Å². The molecule has 0 radical (unpaired) electrons. The molecule has 0 unspecified atom stereocenters. The Hall–Kier alpha value is -0.550. The molecule has 62 valence electrons. The lowest BCUT2D eigenvalue weighted by molar-refractivity contribution is 1.08. The molecule has 12 heavy (non-hydrogen) atoms. The molecule has 1 N–H and O–H groups in total. The van der Waals surface area contributed by atoms with E-state index in [9.17, 15) is 4.79 Å². The number of aromatic amines is 1. The molecule has 0 bridgehead atoms. The molecule has 2 heterocycles. The van der Waals surface area contributed by atoms with Gasteiger partial charge in [-0.1, -0.05) is 0 Å². The minimum absolute atomic E-state index is 0.0936. The van der Waals surface area contributed by atoms with Gasteiger partial charge in [0.25, 0.3) is 5.56 Å². The van der Waals surface area contributed by atoms with Gasteiger partial charge in [-0.05, 0) is 37.9 Å². The number of hydrogen-bond acceptors (Lipinski definition) is 1. The van der Waals surface area contributed by atoms with Crippen LogP contribution in [0.15, 0.2) is 32.3 Å². The summed E-state index contributed by atoms with van der Waals surface area (Å²) >= 11 is 6.67. The Morgan fingerprint density at radius 3 is 2.83 bits per heavy atom. The van der Waals surface area contributed by atoms with Crippen LogP contribution in [0.25, 0.3) is 5.52 Å². The van der Waals surface area contributed by atoms with Crippen molar-refractivity contribution in [2.45, 2.75) is 0 Å². The smallest absolute Gasteiger partial charge is 0.272 e. The van der Waals surface area contributed by atoms with E-state index in [1.54, 1.807) is 22.9 Å². The van der Waals surface area contributed by atoms with E-state index in [-0.39, 0.29) is 5.56 Å². The quantitative estimate of drug-likeness (QED) is 0.793. The van der Waals surface area contributed by atoms with Crippen molar-refractivity contribution >= 4 is 37.4 Å². The summed E-state index contributed by atoms with van der Waals surface area (Å²) in [6.07, 6.45) is 3.39. The number of rotatable bonds is 0. The van der Waals surface area contributed by atoms with Crippen molar-refractivity contribution in [2.24, 2.45) is 0 Å². The van der Waals surface area contributed by atoms with Crippen LogP contribution in [0.5, 0.6) is 0 Å². The number of nitrogens with zero attached hydrogens (tertiary/aromatic N) is 1. The second kappa shape index (κ2) is 2.74. The number of H-pyrrole nitrogens is 1. The summed E-state index contributed by atoms with van der Waals surface area (Å²) in [5.74, 6) is 0. The lowest BCUT2D eigenvalue weighted by Gasteiger charge is -1.92. The average molecular weight is 292 g/mol. The van der Waals surface area contributed by atoms with Crippen molar-refractivity contribution in [1.29, 1.82) is 0 Å². The third kappa shape index (κ3) is 1.04. The SMILES string of the molecule is O=c1[nH]ccn2c(Br)c(Br)cc12. The minimum Gasteiger partial charge on any atom is -0.326 e. The molecule has 0 atom stereocenters. The maximum atomic E-state index is 11.2. The Morgan fingerprint density at radius 2 is 2.17 bits per heavy atom. The van der Waals surface area contributed by atoms with Crippen LogP contribution in [-0.4, -0.2) is 9.38 Å². The summed E-state index contributed by atoms with van der Waals surface area (Å²) in [7, 11) is 0. The van der Waals surface area contributed by atoms with Gasteiger partial charge in [-0.2, -0.15) is 0 Å². The lowest BCUT2D eigenvalue weighted by Crippen LogP contribution is -2.06. The second-order valence-electron chi connectivity index (χ2n) is 2.33. The fraction of sp³-hybridized carbons (Fsp3) is 0. The summed E-state index contributed by atoms with van der Waals surface area (Å²) in [5, 5.41) is 0. The van der Waals surface area contributed by atoms with Gasteiger partial charge in [0.05, 0.1) is 4.47 Å². The maximum Gasteiger partial charge on any atom is 0.272 e. The van der Waals surface area contributed by atoms with Gasteiger partial charge >= 0.3 is 0 Å². The fourth-order valence-corrected chi connectivity index (χ4v) is 1.88. The molecule has 0 spiro atoms. The maximum absolute atomic E-state index is 11.2. The summed E-state index contributed by atoms with van der Waals surface area (Å²) in [5.41, 5.74) is 0.528. The molecular weight excluding hydrogens is 288 g/mol. The zero-order valence-corrected chi connectivity index (χ0v) is 9.02. The van der Waals surface area contributed by atoms with Crippen LogP contribution in [0.1, 0.15) is 0 Å². The molecule has 0 saturated heterocycles. The highest BCUT2D eigenvalue weighted by atomic mass is 79.9. The van der Waals surface area contributed by atoms with Crippen molar-refractivity contribution in [3.63, 3.8) is 0 Å². The van der Waals surface area contributed by atoms with E-state index in [0.717, 1.165) is 9.08 Å². The molecule has 2 aromatic heterocycles. The first-order chi connectivity index (χ1) is 5.70. The first-order valence-corrected chi connectivity index (χ1v) is 4.82. The number of hydrogen-bond donors (Lipinski definition) is 1. The normalized spacial score (nSPS) is 10.8. The van der Waals surface area contributed by atoms with Crippen LogP contribution < -0.4 is 5.56 Å². The number of aromatic nitrogens is 2. The zero-order valence-electron chi connectivity index (χ0n) is 5.84. The van der Waals surface area contributed by atoms with Crippen LogP contribution >= 0.6 is 31.9 Å². The van der Waals surface area contributed by atoms with Crippen molar-refractivity contribution in [2.75, 3.05) is 0 Å². The number of halogens is 2. The van der Waals surface area contributed by atoms with E-state index in [1.165, 1.54) is 0 Å². The first kappa shape index (κ1) is 8.07. The van der Waals surface area contributed by atoms with Gasteiger partial charge in [-0.15, -0.1) is 0 Å². The Labute approximate surface area is 84.7 Å². The van der Waals surface area contributed by atoms with E-state index in [0.29, 0.717) is 5.52 Å². The van der Waals surface area contributed by atoms with Gasteiger partial charge < -0.3 is 9.38 Å². The predicted molar refractivity (Wildman–Crippen MR) is 53.4 cm³/mol. The standard InChI is InChI=1S/C7H4Br2N2O/c8-4-3-5-7(12)10-1-2-11(5)6(4)9/h1-3H,(H,10,12). The van der Waals surface area contributed by atoms with Gasteiger partial charge in [0.15, 0.2) is 0 Å². The number of nitrogens with one attached hydrogen (secondary N) is 1. The minimum atomic E-state index is -0.0936. The third-order valence-electron chi connectivity index (χ3n) is 1.60. The summed E-state index contributed by atoms with van der Waals surface area (Å²) in [4.78, 5) is 13.8. The van der Waals surface area contributed by atoms with Crippen LogP contribution in [0.2, 0.25) is 0 Å². The van der Waals surface area contributed by atoms with Gasteiger partial charge in [0.2, 0.25) is 0 Å². The molecule has 0 aliphatic carbocycles. The molecule has 2 aromatic rings. The second-order valence-corrected chi connectivity index (χ2v) is 3.93. The van der Waals surface area contributed by atoms with Gasteiger partial charge in [-0.3, -0.25) is 4.79 Å². The lowest BCUT2D eigenvalue weighted by atomic mass is 10.5. The third-order valence-corrected chi connectivity index (χ3v) is 3.55. The van der Waals surface area contributed by atoms with Crippen LogP contribution in [-0.2, 0) is 0 Å². The van der Waals surface area contributed by atoms with E-state index in [1.807, 2.05) is 0 Å². The molecule has 0 aromatic carbocycles. The Morgan fingerprint density at radius 1 is 1.42 bits per heavy atom. The molecule has 0 aliphatic heterocycles. The van der Waals surface area contributed by atoms with E-state index in [4.69, 9.17) is 0 Å². The van der Waals surface area contributed by atoms with Gasteiger partial charge in [0, 0.05) is 12.4 Å². The first-order valence-electron chi connectivity index (χ1n) is 3.24. The Balaban J connectivity index is 3.05. The fourth-order valence-electron chi connectivity index (χ4n) is 1.05. The van der Waals surface area contributed by atoms with Crippen LogP contribution in [0.4, 0.5) is 0 Å². The Bertz CT molecular complexity index is 486. The molecule has 2 rings (SSSR count). The van der Waals surface area contributed by atoms with Crippen molar-refractivity contribution in [3.8, 4) is 0 Å². The summed E-state index contributed by atoms with van der Waals surface area (Å²) in [6, 6.07) is 1.77. The zero-order chi connectivity index (χ0) is 8.72. The molecule has 0 fully saturated rings. The van der Waals surface area contributed by atoms with Crippen molar-refractivity contribution < 1.29 is 0 Å². The summed E-state index contributed by atoms with van der Waals surface area (Å²) in [6.45, 7) is 0. The highest BCUT2D eigenvalue weighted by Crippen LogP contribution is 2.24. The van der Waals surface area contributed by atoms with Gasteiger partial charge in [-0.25, -0.2) is 0 Å². The monoisotopic (exact) mass is 290 g/mol.